The Labute approximate surface area is 181 Å². The molecule has 30 heavy (non-hydrogen) atoms. The summed E-state index contributed by atoms with van der Waals surface area (Å²) in [5, 5.41) is 11.8. The average Bonchev–Trinajstić information content (AvgIpc) is 3.25. The molecule has 2 N–H and O–H groups in total. The average molecular weight is 429 g/mol. The van der Waals surface area contributed by atoms with E-state index < -0.39 is 5.60 Å². The highest BCUT2D eigenvalue weighted by molar-refractivity contribution is 7.05. The molecule has 1 amide bonds. The third-order valence-electron chi connectivity index (χ3n) is 5.47. The molecule has 0 unspecified atom stereocenters. The van der Waals surface area contributed by atoms with E-state index in [2.05, 4.69) is 21.8 Å². The van der Waals surface area contributed by atoms with E-state index in [0.29, 0.717) is 17.8 Å². The number of hydrazone groups is 1. The maximum absolute atomic E-state index is 13.4. The molecular formula is C21H28N6O2S. The molecule has 8 nitrogen and oxygen atoms in total. The van der Waals surface area contributed by atoms with Gasteiger partial charge in [0.2, 0.25) is 0 Å². The van der Waals surface area contributed by atoms with Gasteiger partial charge in [0.25, 0.3) is 5.91 Å². The molecule has 0 aliphatic carbocycles. The van der Waals surface area contributed by atoms with Crippen LogP contribution in [0.15, 0.2) is 29.4 Å². The Hall–Kier alpha value is -2.65. The molecule has 1 saturated heterocycles. The molecule has 9 heteroatoms. The van der Waals surface area contributed by atoms with Crippen LogP contribution in [0.3, 0.4) is 0 Å². The van der Waals surface area contributed by atoms with Crippen molar-refractivity contribution < 1.29 is 9.53 Å². The van der Waals surface area contributed by atoms with Crippen molar-refractivity contribution in [1.82, 2.24) is 14.3 Å². The molecule has 1 aromatic heterocycles. The number of nitrogens with one attached hydrogen (secondary N) is 2. The number of piperidine rings is 1. The number of methoxy groups -OCH3 is 1. The molecule has 1 aromatic carbocycles. The summed E-state index contributed by atoms with van der Waals surface area (Å²) in [5.74, 6) is 0.832. The lowest BCUT2D eigenvalue weighted by Gasteiger charge is -2.37. The number of carbonyl (C=O) groups excluding carboxylic acids is 1. The summed E-state index contributed by atoms with van der Waals surface area (Å²) in [4.78, 5) is 20.0. The maximum Gasteiger partial charge on any atom is 0.256 e. The second-order valence-electron chi connectivity index (χ2n) is 7.86. The molecule has 0 spiro atoms. The minimum Gasteiger partial charge on any atom is -0.372 e. The van der Waals surface area contributed by atoms with Crippen LogP contribution in [0.25, 0.3) is 0 Å². The van der Waals surface area contributed by atoms with Gasteiger partial charge in [0.05, 0.1) is 17.5 Å². The molecule has 1 aliphatic heterocycles. The number of nitrogens with zero attached hydrogens (tertiary/aromatic N) is 4. The van der Waals surface area contributed by atoms with Gasteiger partial charge in [-0.25, -0.2) is 4.98 Å². The van der Waals surface area contributed by atoms with Gasteiger partial charge in [0.15, 0.2) is 0 Å². The fourth-order valence-corrected chi connectivity index (χ4v) is 4.21. The summed E-state index contributed by atoms with van der Waals surface area (Å²) in [6.07, 6.45) is 4.24. The Morgan fingerprint density at radius 1 is 1.40 bits per heavy atom. The smallest absolute Gasteiger partial charge is 0.256 e. The summed E-state index contributed by atoms with van der Waals surface area (Å²) >= 11 is 1.36. The Bertz CT molecular complexity index is 926. The number of anilines is 1. The van der Waals surface area contributed by atoms with Crippen LogP contribution in [0.4, 0.5) is 5.69 Å². The minimum absolute atomic E-state index is 0.0481. The van der Waals surface area contributed by atoms with Gasteiger partial charge in [-0.2, -0.15) is 9.47 Å². The fourth-order valence-electron chi connectivity index (χ4n) is 3.40. The predicted molar refractivity (Wildman–Crippen MR) is 120 cm³/mol. The number of likely N-dealkylation sites (tertiary alicyclic amines) is 1. The molecule has 0 saturated carbocycles. The van der Waals surface area contributed by atoms with Crippen LogP contribution in [-0.4, -0.2) is 52.3 Å². The lowest BCUT2D eigenvalue weighted by molar-refractivity contribution is 0.0187. The SMILES string of the molecule is COC(C)(C)c1nc([C@@H]2CC[C@@H](C)N(C(=O)c3ccccc3N/N=C\C=N)C2)ns1. The second kappa shape index (κ2) is 9.44. The van der Waals surface area contributed by atoms with Crippen molar-refractivity contribution in [3.63, 3.8) is 0 Å². The number of ether oxygens (including phenoxy) is 1. The molecule has 1 fully saturated rings. The van der Waals surface area contributed by atoms with Crippen molar-refractivity contribution in [3.8, 4) is 0 Å². The van der Waals surface area contributed by atoms with E-state index in [9.17, 15) is 4.79 Å². The molecule has 2 heterocycles. The van der Waals surface area contributed by atoms with Gasteiger partial charge in [-0.3, -0.25) is 10.2 Å². The highest BCUT2D eigenvalue weighted by Gasteiger charge is 2.34. The molecule has 3 rings (SSSR count). The van der Waals surface area contributed by atoms with Crippen molar-refractivity contribution in [2.45, 2.75) is 51.2 Å². The van der Waals surface area contributed by atoms with Crippen molar-refractivity contribution >= 4 is 35.6 Å². The third-order valence-corrected chi connectivity index (χ3v) is 6.50. The Balaban J connectivity index is 1.80. The number of benzene rings is 1. The zero-order valence-electron chi connectivity index (χ0n) is 17.8. The second-order valence-corrected chi connectivity index (χ2v) is 8.61. The van der Waals surface area contributed by atoms with E-state index >= 15 is 0 Å². The highest BCUT2D eigenvalue weighted by atomic mass is 32.1. The van der Waals surface area contributed by atoms with E-state index in [0.717, 1.165) is 29.9 Å². The normalized spacial score (nSPS) is 19.8. The summed E-state index contributed by atoms with van der Waals surface area (Å²) in [5.41, 5.74) is 3.55. The van der Waals surface area contributed by atoms with Crippen LogP contribution in [-0.2, 0) is 10.3 Å². The van der Waals surface area contributed by atoms with Crippen molar-refractivity contribution in [2.24, 2.45) is 5.10 Å². The zero-order chi connectivity index (χ0) is 21.7. The first-order chi connectivity index (χ1) is 14.4. The molecule has 2 atom stereocenters. The van der Waals surface area contributed by atoms with Crippen molar-refractivity contribution in [3.05, 3.63) is 40.7 Å². The van der Waals surface area contributed by atoms with E-state index in [4.69, 9.17) is 15.1 Å². The van der Waals surface area contributed by atoms with Gasteiger partial charge in [-0.15, -0.1) is 0 Å². The highest BCUT2D eigenvalue weighted by Crippen LogP contribution is 2.33. The summed E-state index contributed by atoms with van der Waals surface area (Å²) < 4.78 is 10.1. The summed E-state index contributed by atoms with van der Waals surface area (Å²) in [6, 6.07) is 7.41. The van der Waals surface area contributed by atoms with Crippen LogP contribution in [0, 0.1) is 5.41 Å². The van der Waals surface area contributed by atoms with Gasteiger partial charge in [-0.1, -0.05) is 12.1 Å². The Morgan fingerprint density at radius 2 is 2.17 bits per heavy atom. The van der Waals surface area contributed by atoms with E-state index in [1.54, 1.807) is 13.2 Å². The van der Waals surface area contributed by atoms with Crippen LogP contribution in [0.2, 0.25) is 0 Å². The van der Waals surface area contributed by atoms with Gasteiger partial charge in [-0.05, 0) is 57.3 Å². The van der Waals surface area contributed by atoms with Gasteiger partial charge < -0.3 is 15.0 Å². The molecule has 1 aliphatic rings. The first-order valence-corrected chi connectivity index (χ1v) is 10.7. The molecule has 160 valence electrons. The van der Waals surface area contributed by atoms with E-state index in [1.807, 2.05) is 36.9 Å². The van der Waals surface area contributed by atoms with Crippen molar-refractivity contribution in [1.29, 1.82) is 5.41 Å². The van der Waals surface area contributed by atoms with E-state index in [1.165, 1.54) is 17.7 Å². The monoisotopic (exact) mass is 428 g/mol. The maximum atomic E-state index is 13.4. The standard InChI is InChI=1S/C21H28N6O2S/c1-14-9-10-15(18-24-20(30-26-18)21(2,3)29-4)13-27(14)19(28)16-7-5-6-8-17(16)25-23-12-11-22/h5-8,11-12,14-15,22,25H,9-10,13H2,1-4H3/b22-11?,23-12-/t14-,15-/m1/s1. The van der Waals surface area contributed by atoms with Gasteiger partial charge >= 0.3 is 0 Å². The summed E-state index contributed by atoms with van der Waals surface area (Å²) in [6.45, 7) is 6.59. The number of hydrogen-bond donors (Lipinski definition) is 2. The van der Waals surface area contributed by atoms with Crippen LogP contribution in [0.1, 0.15) is 60.7 Å². The predicted octanol–water partition coefficient (Wildman–Crippen LogP) is 3.88. The number of carbonyl (C=O) groups is 1. The number of para-hydroxylation sites is 1. The van der Waals surface area contributed by atoms with Gasteiger partial charge in [0, 0.05) is 31.8 Å². The Morgan fingerprint density at radius 3 is 2.90 bits per heavy atom. The molecule has 0 bridgehead atoms. The molecule has 0 radical (unpaired) electrons. The lowest BCUT2D eigenvalue weighted by atomic mass is 9.92. The largest absolute Gasteiger partial charge is 0.372 e. The van der Waals surface area contributed by atoms with Crippen molar-refractivity contribution in [2.75, 3.05) is 19.1 Å². The zero-order valence-corrected chi connectivity index (χ0v) is 18.6. The fraction of sp³-hybridized carbons (Fsp3) is 0.476. The minimum atomic E-state index is -0.477. The quantitative estimate of drug-likeness (QED) is 0.515. The number of rotatable bonds is 7. The van der Waals surface area contributed by atoms with E-state index in [-0.39, 0.29) is 17.9 Å². The van der Waals surface area contributed by atoms with Crippen LogP contribution < -0.4 is 5.43 Å². The van der Waals surface area contributed by atoms with Gasteiger partial charge in [0.1, 0.15) is 16.4 Å². The number of amides is 1. The number of aromatic nitrogens is 2. The topological polar surface area (TPSA) is 104 Å². The van der Waals surface area contributed by atoms with Crippen LogP contribution >= 0.6 is 11.5 Å². The first kappa shape index (κ1) is 22.0. The molecule has 2 aromatic rings. The first-order valence-electron chi connectivity index (χ1n) is 9.94. The molecular weight excluding hydrogens is 400 g/mol. The van der Waals surface area contributed by atoms with Crippen LogP contribution in [0.5, 0.6) is 0 Å². The summed E-state index contributed by atoms with van der Waals surface area (Å²) in [7, 11) is 1.67. The Kier molecular flexibility index (Phi) is 6.94. The third kappa shape index (κ3) is 4.73. The lowest BCUT2D eigenvalue weighted by Crippen LogP contribution is -2.45. The number of hydrogen-bond acceptors (Lipinski definition) is 8.